The molecule has 0 heterocycles. The van der Waals surface area contributed by atoms with Crippen LogP contribution in [0, 0.1) is 18.3 Å². The quantitative estimate of drug-likeness (QED) is 0.819. The van der Waals surface area contributed by atoms with Gasteiger partial charge in [0, 0.05) is 17.8 Å². The Hall–Kier alpha value is -1.53. The number of aryl methyl sites for hydroxylation is 1. The van der Waals surface area contributed by atoms with E-state index in [1.165, 1.54) is 0 Å². The molecule has 0 atom stereocenters. The molecule has 2 rings (SSSR count). The van der Waals surface area contributed by atoms with Crippen molar-refractivity contribution in [1.29, 1.82) is 5.26 Å². The third-order valence-corrected chi connectivity index (χ3v) is 3.49. The van der Waals surface area contributed by atoms with Gasteiger partial charge in [-0.3, -0.25) is 0 Å². The van der Waals surface area contributed by atoms with E-state index < -0.39 is 0 Å². The van der Waals surface area contributed by atoms with Crippen LogP contribution in [0.5, 0.6) is 0 Å². The standard InChI is InChI=1S/C14H19N3/c1-10-8-14(5-2-11(10)9-15)17-13-6-3-12(16)4-7-13/h2,5,8,12-13,17H,3-4,6-7,16H2,1H3. The maximum atomic E-state index is 8.88. The zero-order valence-corrected chi connectivity index (χ0v) is 10.2. The van der Waals surface area contributed by atoms with E-state index in [1.54, 1.807) is 0 Å². The van der Waals surface area contributed by atoms with Crippen LogP contribution in [0.3, 0.4) is 0 Å². The van der Waals surface area contributed by atoms with Crippen LogP contribution in [0.25, 0.3) is 0 Å². The van der Waals surface area contributed by atoms with Crippen LogP contribution in [0.15, 0.2) is 18.2 Å². The first-order valence-corrected chi connectivity index (χ1v) is 6.22. The van der Waals surface area contributed by atoms with Crippen LogP contribution in [0.2, 0.25) is 0 Å². The van der Waals surface area contributed by atoms with Crippen molar-refractivity contribution in [2.75, 3.05) is 5.32 Å². The second-order valence-electron chi connectivity index (χ2n) is 4.90. The summed E-state index contributed by atoms with van der Waals surface area (Å²) in [5.74, 6) is 0. The van der Waals surface area contributed by atoms with Crippen LogP contribution in [0.1, 0.15) is 36.8 Å². The molecule has 1 fully saturated rings. The molecular formula is C14H19N3. The normalized spacial score (nSPS) is 24.1. The lowest BCUT2D eigenvalue weighted by molar-refractivity contribution is 0.411. The zero-order valence-electron chi connectivity index (χ0n) is 10.2. The second-order valence-corrected chi connectivity index (χ2v) is 4.90. The van der Waals surface area contributed by atoms with Crippen molar-refractivity contribution in [3.63, 3.8) is 0 Å². The molecule has 1 aromatic carbocycles. The number of hydrogen-bond acceptors (Lipinski definition) is 3. The van der Waals surface area contributed by atoms with Gasteiger partial charge in [0.2, 0.25) is 0 Å². The molecule has 0 unspecified atom stereocenters. The molecule has 0 amide bonds. The van der Waals surface area contributed by atoms with Gasteiger partial charge in [-0.25, -0.2) is 0 Å². The molecule has 3 nitrogen and oxygen atoms in total. The van der Waals surface area contributed by atoms with E-state index in [4.69, 9.17) is 11.0 Å². The molecular weight excluding hydrogens is 210 g/mol. The van der Waals surface area contributed by atoms with Crippen LogP contribution in [0.4, 0.5) is 5.69 Å². The number of nitrogens with one attached hydrogen (secondary N) is 1. The van der Waals surface area contributed by atoms with Gasteiger partial charge in [-0.05, 0) is 56.4 Å². The first-order valence-electron chi connectivity index (χ1n) is 6.22. The SMILES string of the molecule is Cc1cc(NC2CCC(N)CC2)ccc1C#N. The summed E-state index contributed by atoms with van der Waals surface area (Å²) >= 11 is 0. The first-order chi connectivity index (χ1) is 8.19. The van der Waals surface area contributed by atoms with Crippen molar-refractivity contribution >= 4 is 5.69 Å². The smallest absolute Gasteiger partial charge is 0.0994 e. The number of hydrogen-bond donors (Lipinski definition) is 2. The minimum Gasteiger partial charge on any atom is -0.382 e. The van der Waals surface area contributed by atoms with E-state index in [-0.39, 0.29) is 0 Å². The average Bonchev–Trinajstić information content (AvgIpc) is 2.32. The highest BCUT2D eigenvalue weighted by Gasteiger charge is 2.18. The molecule has 0 spiro atoms. The molecule has 0 aliphatic heterocycles. The van der Waals surface area contributed by atoms with Gasteiger partial charge in [-0.1, -0.05) is 0 Å². The number of nitriles is 1. The fourth-order valence-electron chi connectivity index (χ4n) is 2.38. The van der Waals surface area contributed by atoms with Gasteiger partial charge in [-0.15, -0.1) is 0 Å². The average molecular weight is 229 g/mol. The molecule has 1 aliphatic rings. The van der Waals surface area contributed by atoms with Crippen LogP contribution in [-0.4, -0.2) is 12.1 Å². The minimum atomic E-state index is 0.385. The van der Waals surface area contributed by atoms with E-state index in [1.807, 2.05) is 25.1 Å². The summed E-state index contributed by atoms with van der Waals surface area (Å²) in [6, 6.07) is 9.02. The van der Waals surface area contributed by atoms with Crippen molar-refractivity contribution in [3.05, 3.63) is 29.3 Å². The number of anilines is 1. The molecule has 1 saturated carbocycles. The van der Waals surface area contributed by atoms with Gasteiger partial charge in [0.25, 0.3) is 0 Å². The van der Waals surface area contributed by atoms with Gasteiger partial charge in [0.05, 0.1) is 11.6 Å². The summed E-state index contributed by atoms with van der Waals surface area (Å²) in [5, 5.41) is 12.4. The predicted molar refractivity (Wildman–Crippen MR) is 69.7 cm³/mol. The molecule has 1 aliphatic carbocycles. The first kappa shape index (κ1) is 11.9. The topological polar surface area (TPSA) is 61.8 Å². The highest BCUT2D eigenvalue weighted by Crippen LogP contribution is 2.22. The molecule has 3 heteroatoms. The van der Waals surface area contributed by atoms with Crippen LogP contribution in [-0.2, 0) is 0 Å². The fourth-order valence-corrected chi connectivity index (χ4v) is 2.38. The molecule has 0 bridgehead atoms. The lowest BCUT2D eigenvalue weighted by atomic mass is 9.91. The van der Waals surface area contributed by atoms with Gasteiger partial charge < -0.3 is 11.1 Å². The third kappa shape index (κ3) is 2.98. The van der Waals surface area contributed by atoms with E-state index in [9.17, 15) is 0 Å². The molecule has 0 saturated heterocycles. The lowest BCUT2D eigenvalue weighted by Gasteiger charge is -2.27. The van der Waals surface area contributed by atoms with Crippen molar-refractivity contribution < 1.29 is 0 Å². The van der Waals surface area contributed by atoms with Gasteiger partial charge >= 0.3 is 0 Å². The van der Waals surface area contributed by atoms with E-state index in [2.05, 4.69) is 11.4 Å². The molecule has 0 aromatic heterocycles. The van der Waals surface area contributed by atoms with Crippen LogP contribution >= 0.6 is 0 Å². The lowest BCUT2D eigenvalue weighted by Crippen LogP contribution is -2.32. The fraction of sp³-hybridized carbons (Fsp3) is 0.500. The Kier molecular flexibility index (Phi) is 3.65. The molecule has 90 valence electrons. The summed E-state index contributed by atoms with van der Waals surface area (Å²) in [7, 11) is 0. The molecule has 3 N–H and O–H groups in total. The van der Waals surface area contributed by atoms with E-state index >= 15 is 0 Å². The zero-order chi connectivity index (χ0) is 12.3. The Morgan fingerprint density at radius 3 is 2.59 bits per heavy atom. The summed E-state index contributed by atoms with van der Waals surface area (Å²) in [5.41, 5.74) is 8.78. The number of nitrogens with two attached hydrogens (primary N) is 1. The number of benzene rings is 1. The molecule has 17 heavy (non-hydrogen) atoms. The number of rotatable bonds is 2. The van der Waals surface area contributed by atoms with E-state index in [0.29, 0.717) is 12.1 Å². The van der Waals surface area contributed by atoms with Gasteiger partial charge in [0.1, 0.15) is 0 Å². The summed E-state index contributed by atoms with van der Waals surface area (Å²) in [6.07, 6.45) is 4.49. The highest BCUT2D eigenvalue weighted by atomic mass is 14.9. The van der Waals surface area contributed by atoms with Gasteiger partial charge in [0.15, 0.2) is 0 Å². The highest BCUT2D eigenvalue weighted by molar-refractivity contribution is 5.52. The predicted octanol–water partition coefficient (Wildman–Crippen LogP) is 2.55. The summed E-state index contributed by atoms with van der Waals surface area (Å²) < 4.78 is 0. The number of nitrogens with zero attached hydrogens (tertiary/aromatic N) is 1. The minimum absolute atomic E-state index is 0.385. The largest absolute Gasteiger partial charge is 0.382 e. The van der Waals surface area contributed by atoms with Gasteiger partial charge in [-0.2, -0.15) is 5.26 Å². The molecule has 1 aromatic rings. The maximum Gasteiger partial charge on any atom is 0.0994 e. The van der Waals surface area contributed by atoms with Crippen molar-refractivity contribution in [1.82, 2.24) is 0 Å². The summed E-state index contributed by atoms with van der Waals surface area (Å²) in [6.45, 7) is 1.97. The Morgan fingerprint density at radius 2 is 2.00 bits per heavy atom. The maximum absolute atomic E-state index is 8.88. The van der Waals surface area contributed by atoms with Crippen LogP contribution < -0.4 is 11.1 Å². The van der Waals surface area contributed by atoms with Crippen molar-refractivity contribution in [3.8, 4) is 6.07 Å². The monoisotopic (exact) mass is 229 g/mol. The Bertz CT molecular complexity index is 426. The summed E-state index contributed by atoms with van der Waals surface area (Å²) in [4.78, 5) is 0. The second kappa shape index (κ2) is 5.20. The molecule has 0 radical (unpaired) electrons. The van der Waals surface area contributed by atoms with Crippen molar-refractivity contribution in [2.45, 2.75) is 44.7 Å². The van der Waals surface area contributed by atoms with Crippen molar-refractivity contribution in [2.24, 2.45) is 5.73 Å². The Balaban J connectivity index is 2.00. The van der Waals surface area contributed by atoms with E-state index in [0.717, 1.165) is 42.5 Å². The third-order valence-electron chi connectivity index (χ3n) is 3.49. The Labute approximate surface area is 103 Å². The Morgan fingerprint density at radius 1 is 1.29 bits per heavy atom.